The quantitative estimate of drug-likeness (QED) is 0.753. The minimum absolute atomic E-state index is 0.331. The number of aromatic nitrogens is 2. The number of piperazine rings is 1. The maximum atomic E-state index is 13.7. The first-order valence-electron chi connectivity index (χ1n) is 8.93. The molecule has 0 spiro atoms. The number of nitrogens with zero attached hydrogens (tertiary/aromatic N) is 3. The molecule has 2 aromatic carbocycles. The van der Waals surface area contributed by atoms with Crippen LogP contribution in [0.3, 0.4) is 0 Å². The second-order valence-electron chi connectivity index (χ2n) is 6.59. The lowest BCUT2D eigenvalue weighted by atomic mass is 10.1. The molecule has 1 aromatic heterocycles. The summed E-state index contributed by atoms with van der Waals surface area (Å²) in [5.74, 6) is 0.739. The van der Waals surface area contributed by atoms with Crippen LogP contribution in [-0.4, -0.2) is 41.9 Å². The lowest BCUT2D eigenvalue weighted by Gasteiger charge is -2.35. The Labute approximate surface area is 159 Å². The molecule has 1 aliphatic rings. The fourth-order valence-corrected chi connectivity index (χ4v) is 5.37. The highest BCUT2D eigenvalue weighted by atomic mass is 32.2. The first-order chi connectivity index (χ1) is 13.1. The van der Waals surface area contributed by atoms with Crippen molar-refractivity contribution in [3.8, 4) is 11.1 Å². The molecule has 0 aliphatic carbocycles. The highest BCUT2D eigenvalue weighted by Gasteiger charge is 2.37. The Morgan fingerprint density at radius 3 is 2.56 bits per heavy atom. The first-order valence-corrected chi connectivity index (χ1v) is 10.4. The topological polar surface area (TPSA) is 67.2 Å². The molecule has 6 nitrogen and oxygen atoms in total. The first kappa shape index (κ1) is 17.9. The average molecular weight is 382 g/mol. The van der Waals surface area contributed by atoms with Crippen LogP contribution in [0.2, 0.25) is 0 Å². The Bertz CT molecular complexity index is 1030. The minimum atomic E-state index is -3.69. The Balaban J connectivity index is 1.80. The fraction of sp³-hybridized carbons (Fsp3) is 0.250. The molecule has 4 rings (SSSR count). The maximum absolute atomic E-state index is 13.7. The highest BCUT2D eigenvalue weighted by Crippen LogP contribution is 2.33. The van der Waals surface area contributed by atoms with Gasteiger partial charge in [0.25, 0.3) is 0 Å². The molecule has 0 amide bonds. The van der Waals surface area contributed by atoms with Crippen molar-refractivity contribution < 1.29 is 8.42 Å². The van der Waals surface area contributed by atoms with Crippen LogP contribution in [0.25, 0.3) is 11.1 Å². The average Bonchev–Trinajstić information content (AvgIpc) is 3.14. The highest BCUT2D eigenvalue weighted by molar-refractivity contribution is 7.89. The number of benzene rings is 2. The third kappa shape index (κ3) is 3.29. The third-order valence-corrected chi connectivity index (χ3v) is 6.88. The van der Waals surface area contributed by atoms with Crippen molar-refractivity contribution in [3.05, 3.63) is 72.8 Å². The van der Waals surface area contributed by atoms with Gasteiger partial charge in [-0.3, -0.25) is 0 Å². The number of imidazole rings is 1. The number of sulfonamides is 1. The SMILES string of the molecule is Cn1ccnc1C1CNCCN1S(=O)(=O)c1ccccc1-c1ccccc1. The van der Waals surface area contributed by atoms with Crippen LogP contribution >= 0.6 is 0 Å². The Hall–Kier alpha value is -2.48. The van der Waals surface area contributed by atoms with E-state index in [0.29, 0.717) is 24.5 Å². The molecule has 0 radical (unpaired) electrons. The van der Waals surface area contributed by atoms with Crippen LogP contribution in [0.1, 0.15) is 11.9 Å². The summed E-state index contributed by atoms with van der Waals surface area (Å²) in [4.78, 5) is 4.73. The molecule has 1 atom stereocenters. The molecule has 1 aliphatic heterocycles. The van der Waals surface area contributed by atoms with E-state index in [2.05, 4.69) is 10.3 Å². The molecule has 1 saturated heterocycles. The van der Waals surface area contributed by atoms with E-state index in [1.54, 1.807) is 22.6 Å². The van der Waals surface area contributed by atoms with E-state index in [1.165, 1.54) is 0 Å². The molecule has 1 fully saturated rings. The number of nitrogens with one attached hydrogen (secondary N) is 1. The van der Waals surface area contributed by atoms with Gasteiger partial charge < -0.3 is 9.88 Å². The van der Waals surface area contributed by atoms with Gasteiger partial charge in [0.05, 0.1) is 10.9 Å². The molecule has 140 valence electrons. The van der Waals surface area contributed by atoms with Gasteiger partial charge in [-0.05, 0) is 11.6 Å². The molecular formula is C20H22N4O2S. The van der Waals surface area contributed by atoms with Crippen molar-refractivity contribution in [2.45, 2.75) is 10.9 Å². The molecule has 3 aromatic rings. The van der Waals surface area contributed by atoms with Crippen molar-refractivity contribution in [1.82, 2.24) is 19.2 Å². The predicted molar refractivity (Wildman–Crippen MR) is 105 cm³/mol. The normalized spacial score (nSPS) is 18.5. The molecule has 1 unspecified atom stereocenters. The van der Waals surface area contributed by atoms with Gasteiger partial charge in [-0.2, -0.15) is 4.31 Å². The lowest BCUT2D eigenvalue weighted by Crippen LogP contribution is -2.49. The monoisotopic (exact) mass is 382 g/mol. The summed E-state index contributed by atoms with van der Waals surface area (Å²) in [5.41, 5.74) is 1.61. The van der Waals surface area contributed by atoms with Crippen LogP contribution < -0.4 is 5.32 Å². The Morgan fingerprint density at radius 2 is 1.81 bits per heavy atom. The predicted octanol–water partition coefficient (Wildman–Crippen LogP) is 2.42. The summed E-state index contributed by atoms with van der Waals surface area (Å²) in [6.45, 7) is 1.56. The Kier molecular flexibility index (Phi) is 4.82. The fourth-order valence-electron chi connectivity index (χ4n) is 3.57. The van der Waals surface area contributed by atoms with Crippen LogP contribution in [0.15, 0.2) is 71.9 Å². The largest absolute Gasteiger partial charge is 0.337 e. The van der Waals surface area contributed by atoms with Crippen molar-refractivity contribution in [2.24, 2.45) is 7.05 Å². The van der Waals surface area contributed by atoms with E-state index >= 15 is 0 Å². The molecule has 27 heavy (non-hydrogen) atoms. The zero-order valence-electron chi connectivity index (χ0n) is 15.1. The Morgan fingerprint density at radius 1 is 1.07 bits per heavy atom. The van der Waals surface area contributed by atoms with E-state index in [9.17, 15) is 8.42 Å². The molecular weight excluding hydrogens is 360 g/mol. The second kappa shape index (κ2) is 7.26. The van der Waals surface area contributed by atoms with Crippen molar-refractivity contribution in [1.29, 1.82) is 0 Å². The molecule has 0 saturated carbocycles. The minimum Gasteiger partial charge on any atom is -0.337 e. The molecule has 7 heteroatoms. The summed E-state index contributed by atoms with van der Waals surface area (Å²) in [6.07, 6.45) is 3.54. The van der Waals surface area contributed by atoms with E-state index in [0.717, 1.165) is 17.0 Å². The van der Waals surface area contributed by atoms with Gasteiger partial charge in [0, 0.05) is 44.6 Å². The number of hydrogen-bond donors (Lipinski definition) is 1. The van der Waals surface area contributed by atoms with Crippen molar-refractivity contribution >= 4 is 10.0 Å². The smallest absolute Gasteiger partial charge is 0.244 e. The van der Waals surface area contributed by atoms with Crippen molar-refractivity contribution in [2.75, 3.05) is 19.6 Å². The van der Waals surface area contributed by atoms with Crippen LogP contribution in [-0.2, 0) is 17.1 Å². The van der Waals surface area contributed by atoms with Gasteiger partial charge in [0.15, 0.2) is 0 Å². The summed E-state index contributed by atoms with van der Waals surface area (Å²) < 4.78 is 30.8. The van der Waals surface area contributed by atoms with Gasteiger partial charge in [-0.25, -0.2) is 13.4 Å². The zero-order chi connectivity index (χ0) is 18.9. The van der Waals surface area contributed by atoms with Gasteiger partial charge >= 0.3 is 0 Å². The zero-order valence-corrected chi connectivity index (χ0v) is 15.9. The lowest BCUT2D eigenvalue weighted by molar-refractivity contribution is 0.258. The van der Waals surface area contributed by atoms with Crippen LogP contribution in [0.4, 0.5) is 0 Å². The van der Waals surface area contributed by atoms with E-state index in [4.69, 9.17) is 0 Å². The number of hydrogen-bond acceptors (Lipinski definition) is 4. The second-order valence-corrected chi connectivity index (χ2v) is 8.45. The van der Waals surface area contributed by atoms with Gasteiger partial charge in [-0.15, -0.1) is 0 Å². The van der Waals surface area contributed by atoms with Crippen LogP contribution in [0, 0.1) is 0 Å². The van der Waals surface area contributed by atoms with E-state index in [-0.39, 0.29) is 6.04 Å². The number of aryl methyl sites for hydroxylation is 1. The van der Waals surface area contributed by atoms with Gasteiger partial charge in [-0.1, -0.05) is 48.5 Å². The van der Waals surface area contributed by atoms with Crippen molar-refractivity contribution in [3.63, 3.8) is 0 Å². The number of rotatable bonds is 4. The molecule has 2 heterocycles. The van der Waals surface area contributed by atoms with Gasteiger partial charge in [0.2, 0.25) is 10.0 Å². The summed E-state index contributed by atoms with van der Waals surface area (Å²) >= 11 is 0. The summed E-state index contributed by atoms with van der Waals surface area (Å²) in [6, 6.07) is 16.5. The maximum Gasteiger partial charge on any atom is 0.244 e. The standard InChI is InChI=1S/C20H22N4O2S/c1-23-13-12-22-20(23)18-15-21-11-14-24(18)27(25,26)19-10-6-5-9-17(19)16-7-3-2-4-8-16/h2-10,12-13,18,21H,11,14-15H2,1H3. The summed E-state index contributed by atoms with van der Waals surface area (Å²) in [5, 5.41) is 3.29. The van der Waals surface area contributed by atoms with Gasteiger partial charge in [0.1, 0.15) is 5.82 Å². The van der Waals surface area contributed by atoms with E-state index in [1.807, 2.05) is 60.3 Å². The molecule has 1 N–H and O–H groups in total. The summed E-state index contributed by atoms with van der Waals surface area (Å²) in [7, 11) is -1.80. The van der Waals surface area contributed by atoms with E-state index < -0.39 is 10.0 Å². The van der Waals surface area contributed by atoms with Crippen LogP contribution in [0.5, 0.6) is 0 Å². The third-order valence-electron chi connectivity index (χ3n) is 4.91. The molecule has 0 bridgehead atoms.